The Balaban J connectivity index is 3.01. The van der Waals surface area contributed by atoms with Gasteiger partial charge in [-0.05, 0) is 15.6 Å². The van der Waals surface area contributed by atoms with Crippen molar-refractivity contribution in [1.82, 2.24) is 0 Å². The molecule has 0 aliphatic heterocycles. The van der Waals surface area contributed by atoms with E-state index in [4.69, 9.17) is 24.4 Å². The highest BCUT2D eigenvalue weighted by Gasteiger charge is 1.97. The molecular formula is C8H8S3Si. The van der Waals surface area contributed by atoms with Gasteiger partial charge in [-0.3, -0.25) is 0 Å². The van der Waals surface area contributed by atoms with Crippen LogP contribution in [0, 0.1) is 0 Å². The second-order valence-electron chi connectivity index (χ2n) is 2.44. The van der Waals surface area contributed by atoms with Crippen molar-refractivity contribution in [3.63, 3.8) is 0 Å². The second-order valence-corrected chi connectivity index (χ2v) is 5.93. The Morgan fingerprint density at radius 2 is 1.50 bits per heavy atom. The van der Waals surface area contributed by atoms with Gasteiger partial charge in [-0.2, -0.15) is 0 Å². The summed E-state index contributed by atoms with van der Waals surface area (Å²) in [5, 5.41) is 0. The van der Waals surface area contributed by atoms with Crippen LogP contribution in [0.25, 0.3) is 0 Å². The number of thiocarbonyl (C=S) groups is 2. The van der Waals surface area contributed by atoms with E-state index in [-0.39, 0.29) is 0 Å². The standard InChI is InChI=1S/C8H8S3Si/c9-7(10)5-1-3-6(4-2-5)8(11)12/h1-4H,12H3,(H,9,10). The van der Waals surface area contributed by atoms with Crippen LogP contribution in [0.15, 0.2) is 24.3 Å². The number of hydrogen-bond donors (Lipinski definition) is 1. The monoisotopic (exact) mass is 228 g/mol. The van der Waals surface area contributed by atoms with Gasteiger partial charge in [-0.1, -0.05) is 48.7 Å². The third-order valence-electron chi connectivity index (χ3n) is 1.54. The molecule has 1 aromatic rings. The van der Waals surface area contributed by atoms with E-state index in [0.717, 1.165) is 25.9 Å². The highest BCUT2D eigenvalue weighted by Crippen LogP contribution is 2.07. The molecule has 0 radical (unpaired) electrons. The first-order valence-electron chi connectivity index (χ1n) is 3.45. The Morgan fingerprint density at radius 3 is 1.83 bits per heavy atom. The minimum absolute atomic E-state index is 0.626. The highest BCUT2D eigenvalue weighted by atomic mass is 32.1. The molecule has 0 nitrogen and oxygen atoms in total. The maximum atomic E-state index is 5.08. The minimum atomic E-state index is 0.626. The first kappa shape index (κ1) is 10.1. The van der Waals surface area contributed by atoms with Crippen LogP contribution >= 0.6 is 37.1 Å². The Kier molecular flexibility index (Phi) is 3.58. The lowest BCUT2D eigenvalue weighted by molar-refractivity contribution is 1.66. The fourth-order valence-electron chi connectivity index (χ4n) is 0.848. The Hall–Kier alpha value is -0.0331. The van der Waals surface area contributed by atoms with Gasteiger partial charge < -0.3 is 0 Å². The van der Waals surface area contributed by atoms with E-state index in [9.17, 15) is 0 Å². The van der Waals surface area contributed by atoms with E-state index < -0.39 is 0 Å². The van der Waals surface area contributed by atoms with Gasteiger partial charge in [0, 0.05) is 0 Å². The molecule has 4 heteroatoms. The summed E-state index contributed by atoms with van der Waals surface area (Å²) in [6.07, 6.45) is 0. The van der Waals surface area contributed by atoms with Gasteiger partial charge in [0.1, 0.15) is 0 Å². The molecule has 0 saturated carbocycles. The number of hydrogen-bond acceptors (Lipinski definition) is 2. The van der Waals surface area contributed by atoms with Crippen LogP contribution in [0.2, 0.25) is 0 Å². The van der Waals surface area contributed by atoms with E-state index >= 15 is 0 Å². The van der Waals surface area contributed by atoms with E-state index in [1.165, 1.54) is 0 Å². The summed E-state index contributed by atoms with van der Waals surface area (Å²) < 4.78 is 1.66. The predicted octanol–water partition coefficient (Wildman–Crippen LogP) is 1.33. The number of thiol groups is 1. The summed E-state index contributed by atoms with van der Waals surface area (Å²) in [7, 11) is 0.930. The topological polar surface area (TPSA) is 0 Å². The molecule has 0 spiro atoms. The zero-order chi connectivity index (χ0) is 9.14. The lowest BCUT2D eigenvalue weighted by Gasteiger charge is -1.99. The Labute approximate surface area is 91.2 Å². The quantitative estimate of drug-likeness (QED) is 0.461. The summed E-state index contributed by atoms with van der Waals surface area (Å²) in [6, 6.07) is 7.89. The van der Waals surface area contributed by atoms with E-state index in [1.54, 1.807) is 0 Å². The van der Waals surface area contributed by atoms with Gasteiger partial charge in [-0.25, -0.2) is 0 Å². The number of benzene rings is 1. The van der Waals surface area contributed by atoms with Crippen LogP contribution in [-0.4, -0.2) is 18.9 Å². The van der Waals surface area contributed by atoms with Crippen molar-refractivity contribution >= 4 is 56.0 Å². The van der Waals surface area contributed by atoms with Gasteiger partial charge in [0.15, 0.2) is 0 Å². The molecule has 0 fully saturated rings. The SMILES string of the molecule is [SiH3]C(=S)c1ccc(C(=S)S)cc1. The van der Waals surface area contributed by atoms with Crippen molar-refractivity contribution in [3.8, 4) is 0 Å². The average Bonchev–Trinajstić information content (AvgIpc) is 2.04. The van der Waals surface area contributed by atoms with Crippen LogP contribution in [0.5, 0.6) is 0 Å². The molecule has 12 heavy (non-hydrogen) atoms. The largest absolute Gasteiger partial charge is 0.131 e. The van der Waals surface area contributed by atoms with E-state index in [2.05, 4.69) is 12.6 Å². The van der Waals surface area contributed by atoms with E-state index in [0.29, 0.717) is 4.20 Å². The third kappa shape index (κ3) is 2.48. The van der Waals surface area contributed by atoms with Crippen LogP contribution in [0.1, 0.15) is 11.1 Å². The van der Waals surface area contributed by atoms with Crippen molar-refractivity contribution in [2.45, 2.75) is 0 Å². The molecule has 0 N–H and O–H groups in total. The van der Waals surface area contributed by atoms with Gasteiger partial charge >= 0.3 is 0 Å². The molecule has 1 rings (SSSR count). The molecular weight excluding hydrogens is 220 g/mol. The van der Waals surface area contributed by atoms with Crippen molar-refractivity contribution in [3.05, 3.63) is 35.4 Å². The maximum Gasteiger partial charge on any atom is 0.0747 e. The van der Waals surface area contributed by atoms with Gasteiger partial charge in [0.25, 0.3) is 0 Å². The zero-order valence-corrected chi connectivity index (χ0v) is 11.1. The first-order valence-corrected chi connectivity index (χ1v) is 5.72. The molecule has 0 atom stereocenters. The molecule has 0 unspecified atom stereocenters. The summed E-state index contributed by atoms with van der Waals surface area (Å²) >= 11 is 14.1. The van der Waals surface area contributed by atoms with Gasteiger partial charge in [-0.15, -0.1) is 12.6 Å². The van der Waals surface area contributed by atoms with Gasteiger partial charge in [0.05, 0.1) is 14.4 Å². The van der Waals surface area contributed by atoms with Crippen molar-refractivity contribution in [2.75, 3.05) is 0 Å². The molecule has 0 aliphatic rings. The Bertz CT molecular complexity index is 283. The molecule has 0 saturated heterocycles. The lowest BCUT2D eigenvalue weighted by Crippen LogP contribution is -1.96. The van der Waals surface area contributed by atoms with Crippen LogP contribution < -0.4 is 0 Å². The predicted molar refractivity (Wildman–Crippen MR) is 68.8 cm³/mol. The fourth-order valence-corrected chi connectivity index (χ4v) is 1.60. The summed E-state index contributed by atoms with van der Waals surface area (Å²) in [5.74, 6) is 0. The van der Waals surface area contributed by atoms with Crippen LogP contribution in [-0.2, 0) is 0 Å². The van der Waals surface area contributed by atoms with Crippen molar-refractivity contribution in [1.29, 1.82) is 0 Å². The van der Waals surface area contributed by atoms with Crippen molar-refractivity contribution in [2.24, 2.45) is 0 Å². The smallest absolute Gasteiger partial charge is 0.0747 e. The maximum absolute atomic E-state index is 5.08. The lowest BCUT2D eigenvalue weighted by atomic mass is 10.2. The first-order chi connectivity index (χ1) is 5.61. The Morgan fingerprint density at radius 1 is 1.08 bits per heavy atom. The summed E-state index contributed by atoms with van der Waals surface area (Å²) in [4.78, 5) is 0. The molecule has 0 amide bonds. The highest BCUT2D eigenvalue weighted by molar-refractivity contribution is 8.11. The third-order valence-corrected chi connectivity index (χ3v) is 2.85. The second kappa shape index (κ2) is 4.27. The molecule has 1 aromatic carbocycles. The summed E-state index contributed by atoms with van der Waals surface area (Å²) in [6.45, 7) is 0. The fraction of sp³-hybridized carbons (Fsp3) is 0. The van der Waals surface area contributed by atoms with Gasteiger partial charge in [0.2, 0.25) is 0 Å². The number of rotatable bonds is 2. The molecule has 0 bridgehead atoms. The molecule has 0 heterocycles. The minimum Gasteiger partial charge on any atom is -0.131 e. The van der Waals surface area contributed by atoms with E-state index in [1.807, 2.05) is 24.3 Å². The zero-order valence-electron chi connectivity index (χ0n) is 6.57. The van der Waals surface area contributed by atoms with Crippen LogP contribution in [0.3, 0.4) is 0 Å². The summed E-state index contributed by atoms with van der Waals surface area (Å²) in [5.41, 5.74) is 2.11. The normalized spacial score (nSPS) is 9.75. The average molecular weight is 228 g/mol. The molecule has 0 aliphatic carbocycles. The van der Waals surface area contributed by atoms with Crippen LogP contribution in [0.4, 0.5) is 0 Å². The molecule has 0 aromatic heterocycles. The van der Waals surface area contributed by atoms with Crippen molar-refractivity contribution < 1.29 is 0 Å². The molecule has 62 valence electrons.